The Kier molecular flexibility index (Phi) is 2.45. The Morgan fingerprint density at radius 2 is 2.00 bits per heavy atom. The number of carboxylic acid groups (broad SMARTS) is 1. The zero-order chi connectivity index (χ0) is 12.8. The van der Waals surface area contributed by atoms with Crippen molar-refractivity contribution in [3.05, 3.63) is 35.3 Å². The SMILES string of the molecule is Cc1ccc2nc(C(C)(C)C)c(C(=O)O)n2c1. The lowest BCUT2D eigenvalue weighted by Crippen LogP contribution is -2.17. The second kappa shape index (κ2) is 3.58. The number of hydrogen-bond donors (Lipinski definition) is 1. The maximum absolute atomic E-state index is 11.4. The van der Waals surface area contributed by atoms with E-state index in [4.69, 9.17) is 0 Å². The Morgan fingerprint density at radius 1 is 1.35 bits per heavy atom. The Morgan fingerprint density at radius 3 is 2.53 bits per heavy atom. The van der Waals surface area contributed by atoms with Gasteiger partial charge < -0.3 is 5.11 Å². The predicted octanol–water partition coefficient (Wildman–Crippen LogP) is 2.64. The van der Waals surface area contributed by atoms with Crippen molar-refractivity contribution in [1.29, 1.82) is 0 Å². The molecule has 0 spiro atoms. The molecular formula is C13H16N2O2. The van der Waals surface area contributed by atoms with Crippen LogP contribution in [0, 0.1) is 6.92 Å². The lowest BCUT2D eigenvalue weighted by Gasteiger charge is -2.16. The fraction of sp³-hybridized carbons (Fsp3) is 0.385. The minimum absolute atomic E-state index is 0.260. The highest BCUT2D eigenvalue weighted by Crippen LogP contribution is 2.26. The summed E-state index contributed by atoms with van der Waals surface area (Å²) in [5, 5.41) is 9.35. The highest BCUT2D eigenvalue weighted by molar-refractivity contribution is 5.88. The lowest BCUT2D eigenvalue weighted by atomic mass is 9.91. The predicted molar refractivity (Wildman–Crippen MR) is 65.6 cm³/mol. The molecule has 2 rings (SSSR count). The first-order valence-corrected chi connectivity index (χ1v) is 5.53. The summed E-state index contributed by atoms with van der Waals surface area (Å²) in [5.74, 6) is -0.937. The molecule has 4 heteroatoms. The molecule has 2 aromatic rings. The van der Waals surface area contributed by atoms with Gasteiger partial charge in [0.15, 0.2) is 5.69 Å². The van der Waals surface area contributed by atoms with Crippen LogP contribution in [-0.2, 0) is 5.41 Å². The van der Waals surface area contributed by atoms with Crippen molar-refractivity contribution in [2.75, 3.05) is 0 Å². The molecular weight excluding hydrogens is 216 g/mol. The van der Waals surface area contributed by atoms with Crippen LogP contribution in [0.5, 0.6) is 0 Å². The van der Waals surface area contributed by atoms with Gasteiger partial charge in [0.05, 0.1) is 5.69 Å². The molecule has 4 nitrogen and oxygen atoms in total. The third-order valence-corrected chi connectivity index (χ3v) is 2.68. The molecule has 0 fully saturated rings. The highest BCUT2D eigenvalue weighted by atomic mass is 16.4. The number of rotatable bonds is 1. The van der Waals surface area contributed by atoms with E-state index in [0.29, 0.717) is 11.3 Å². The van der Waals surface area contributed by atoms with E-state index in [1.54, 1.807) is 10.6 Å². The largest absolute Gasteiger partial charge is 0.477 e. The van der Waals surface area contributed by atoms with Gasteiger partial charge >= 0.3 is 5.97 Å². The van der Waals surface area contributed by atoms with Crippen molar-refractivity contribution < 1.29 is 9.90 Å². The van der Waals surface area contributed by atoms with E-state index in [1.807, 2.05) is 39.8 Å². The van der Waals surface area contributed by atoms with Crippen LogP contribution in [-0.4, -0.2) is 20.5 Å². The number of carboxylic acids is 1. The second-order valence-corrected chi connectivity index (χ2v) is 5.30. The van der Waals surface area contributed by atoms with Gasteiger partial charge in [0, 0.05) is 11.6 Å². The van der Waals surface area contributed by atoms with Crippen LogP contribution >= 0.6 is 0 Å². The van der Waals surface area contributed by atoms with Gasteiger partial charge in [0.1, 0.15) is 5.65 Å². The van der Waals surface area contributed by atoms with Gasteiger partial charge in [-0.15, -0.1) is 0 Å². The quantitative estimate of drug-likeness (QED) is 0.822. The molecule has 0 aliphatic carbocycles. The Bertz CT molecular complexity index is 591. The molecule has 0 amide bonds. The first-order chi connectivity index (χ1) is 7.80. The van der Waals surface area contributed by atoms with E-state index in [-0.39, 0.29) is 11.1 Å². The molecule has 0 saturated heterocycles. The maximum Gasteiger partial charge on any atom is 0.354 e. The molecule has 0 atom stereocenters. The molecule has 2 heterocycles. The van der Waals surface area contributed by atoms with Crippen molar-refractivity contribution >= 4 is 11.6 Å². The molecule has 17 heavy (non-hydrogen) atoms. The molecule has 90 valence electrons. The number of carbonyl (C=O) groups is 1. The molecule has 0 unspecified atom stereocenters. The number of aryl methyl sites for hydroxylation is 1. The standard InChI is InChI=1S/C13H16N2O2/c1-8-5-6-9-14-11(13(2,3)4)10(12(16)17)15(9)7-8/h5-7H,1-4H3,(H,16,17). The van der Waals surface area contributed by atoms with Gasteiger partial charge in [-0.2, -0.15) is 0 Å². The summed E-state index contributed by atoms with van der Waals surface area (Å²) in [6, 6.07) is 3.78. The summed E-state index contributed by atoms with van der Waals surface area (Å²) < 4.78 is 1.65. The lowest BCUT2D eigenvalue weighted by molar-refractivity contribution is 0.0686. The van der Waals surface area contributed by atoms with Gasteiger partial charge in [0.2, 0.25) is 0 Å². The molecule has 0 aliphatic heterocycles. The van der Waals surface area contributed by atoms with Gasteiger partial charge in [-0.05, 0) is 18.6 Å². The third kappa shape index (κ3) is 1.90. The molecule has 0 saturated carbocycles. The molecule has 0 radical (unpaired) electrons. The summed E-state index contributed by atoms with van der Waals surface area (Å²) in [5.41, 5.74) is 2.29. The Labute approximate surface area is 99.9 Å². The van der Waals surface area contributed by atoms with E-state index < -0.39 is 5.97 Å². The monoisotopic (exact) mass is 232 g/mol. The van der Waals surface area contributed by atoms with Crippen LogP contribution in [0.2, 0.25) is 0 Å². The number of imidazole rings is 1. The molecule has 0 aromatic carbocycles. The second-order valence-electron chi connectivity index (χ2n) is 5.30. The minimum atomic E-state index is -0.937. The summed E-state index contributed by atoms with van der Waals surface area (Å²) in [6.07, 6.45) is 1.81. The topological polar surface area (TPSA) is 54.6 Å². The zero-order valence-electron chi connectivity index (χ0n) is 10.5. The Balaban J connectivity index is 2.86. The molecule has 2 aromatic heterocycles. The van der Waals surface area contributed by atoms with Crippen LogP contribution in [0.1, 0.15) is 42.5 Å². The van der Waals surface area contributed by atoms with Crippen molar-refractivity contribution in [3.8, 4) is 0 Å². The van der Waals surface area contributed by atoms with Gasteiger partial charge in [-0.3, -0.25) is 4.40 Å². The number of aromatic nitrogens is 2. The van der Waals surface area contributed by atoms with E-state index >= 15 is 0 Å². The first kappa shape index (κ1) is 11.6. The van der Waals surface area contributed by atoms with Crippen molar-refractivity contribution in [2.45, 2.75) is 33.1 Å². The average molecular weight is 232 g/mol. The molecule has 0 bridgehead atoms. The molecule has 1 N–H and O–H groups in total. The van der Waals surface area contributed by atoms with Crippen LogP contribution in [0.25, 0.3) is 5.65 Å². The van der Waals surface area contributed by atoms with Crippen molar-refractivity contribution in [2.24, 2.45) is 0 Å². The Hall–Kier alpha value is -1.84. The van der Waals surface area contributed by atoms with Crippen LogP contribution in [0.15, 0.2) is 18.3 Å². The van der Waals surface area contributed by atoms with Crippen LogP contribution in [0.3, 0.4) is 0 Å². The maximum atomic E-state index is 11.4. The van der Waals surface area contributed by atoms with Crippen molar-refractivity contribution in [3.63, 3.8) is 0 Å². The third-order valence-electron chi connectivity index (χ3n) is 2.68. The number of aromatic carboxylic acids is 1. The number of nitrogens with zero attached hydrogens (tertiary/aromatic N) is 2. The number of hydrogen-bond acceptors (Lipinski definition) is 2. The minimum Gasteiger partial charge on any atom is -0.477 e. The number of fused-ring (bicyclic) bond motifs is 1. The van der Waals surface area contributed by atoms with E-state index in [1.165, 1.54) is 0 Å². The highest BCUT2D eigenvalue weighted by Gasteiger charge is 2.27. The van der Waals surface area contributed by atoms with Gasteiger partial charge in [-0.1, -0.05) is 26.8 Å². The fourth-order valence-corrected chi connectivity index (χ4v) is 1.88. The van der Waals surface area contributed by atoms with Crippen LogP contribution in [0.4, 0.5) is 0 Å². The van der Waals surface area contributed by atoms with Crippen molar-refractivity contribution in [1.82, 2.24) is 9.38 Å². The van der Waals surface area contributed by atoms with Gasteiger partial charge in [0.25, 0.3) is 0 Å². The summed E-state index contributed by atoms with van der Waals surface area (Å²) in [6.45, 7) is 7.83. The summed E-state index contributed by atoms with van der Waals surface area (Å²) >= 11 is 0. The van der Waals surface area contributed by atoms with Gasteiger partial charge in [-0.25, -0.2) is 9.78 Å². The van der Waals surface area contributed by atoms with E-state index in [0.717, 1.165) is 5.56 Å². The molecule has 0 aliphatic rings. The zero-order valence-corrected chi connectivity index (χ0v) is 10.5. The number of pyridine rings is 1. The van der Waals surface area contributed by atoms with Crippen LogP contribution < -0.4 is 0 Å². The summed E-state index contributed by atoms with van der Waals surface area (Å²) in [4.78, 5) is 15.8. The first-order valence-electron chi connectivity index (χ1n) is 5.53. The summed E-state index contributed by atoms with van der Waals surface area (Å²) in [7, 11) is 0. The average Bonchev–Trinajstić information content (AvgIpc) is 2.55. The normalized spacial score (nSPS) is 12.0. The smallest absolute Gasteiger partial charge is 0.354 e. The van der Waals surface area contributed by atoms with E-state index in [9.17, 15) is 9.90 Å². The fourth-order valence-electron chi connectivity index (χ4n) is 1.88. The van der Waals surface area contributed by atoms with E-state index in [2.05, 4.69) is 4.98 Å².